The molecule has 1 aliphatic carbocycles. The Kier molecular flexibility index (Phi) is 4.01. The number of hydrogen-bond acceptors (Lipinski definition) is 4. The molecule has 0 unspecified atom stereocenters. The summed E-state index contributed by atoms with van der Waals surface area (Å²) in [4.78, 5) is 25.2. The van der Waals surface area contributed by atoms with Crippen molar-refractivity contribution < 1.29 is 14.3 Å². The summed E-state index contributed by atoms with van der Waals surface area (Å²) in [6.07, 6.45) is 4.53. The van der Waals surface area contributed by atoms with Crippen LogP contribution in [0.5, 0.6) is 0 Å². The van der Waals surface area contributed by atoms with Gasteiger partial charge in [0.1, 0.15) is 6.04 Å². The van der Waals surface area contributed by atoms with Gasteiger partial charge in [0, 0.05) is 4.88 Å². The second-order valence-corrected chi connectivity index (χ2v) is 5.62. The molecule has 0 radical (unpaired) electrons. The molecule has 98 valence electrons. The third-order valence-corrected chi connectivity index (χ3v) is 4.36. The van der Waals surface area contributed by atoms with Gasteiger partial charge in [0.2, 0.25) is 0 Å². The van der Waals surface area contributed by atoms with Crippen molar-refractivity contribution in [2.75, 3.05) is 7.11 Å². The fourth-order valence-electron chi connectivity index (χ4n) is 2.11. The van der Waals surface area contributed by atoms with Crippen molar-refractivity contribution >= 4 is 23.2 Å². The minimum atomic E-state index is -0.610. The average Bonchev–Trinajstić information content (AvgIpc) is 2.81. The Hall–Kier alpha value is -1.36. The van der Waals surface area contributed by atoms with Gasteiger partial charge in [-0.1, -0.05) is 0 Å². The van der Waals surface area contributed by atoms with E-state index in [1.807, 2.05) is 6.07 Å². The van der Waals surface area contributed by atoms with Gasteiger partial charge in [0.15, 0.2) is 0 Å². The lowest BCUT2D eigenvalue weighted by molar-refractivity contribution is -0.142. The van der Waals surface area contributed by atoms with Crippen LogP contribution in [0, 0.1) is 0 Å². The lowest BCUT2D eigenvalue weighted by Crippen LogP contribution is -2.38. The highest BCUT2D eigenvalue weighted by Gasteiger charge is 2.20. The molecule has 0 fully saturated rings. The first-order valence-corrected chi connectivity index (χ1v) is 6.93. The molecule has 0 saturated heterocycles. The number of carbonyl (C=O) groups excluding carboxylic acids is 2. The summed E-state index contributed by atoms with van der Waals surface area (Å²) in [6.45, 7) is 1.62. The molecule has 5 heteroatoms. The average molecular weight is 267 g/mol. The zero-order chi connectivity index (χ0) is 13.1. The van der Waals surface area contributed by atoms with E-state index < -0.39 is 12.0 Å². The molecule has 0 aromatic carbocycles. The predicted molar refractivity (Wildman–Crippen MR) is 69.9 cm³/mol. The number of amides is 1. The van der Waals surface area contributed by atoms with Crippen molar-refractivity contribution in [3.05, 3.63) is 21.4 Å². The number of methoxy groups -OCH3 is 1. The normalized spacial score (nSPS) is 15.7. The molecule has 1 amide bonds. The number of rotatable bonds is 3. The minimum absolute atomic E-state index is 0.188. The monoisotopic (exact) mass is 267 g/mol. The maximum atomic E-state index is 12.0. The molecular formula is C13H17NO3S. The summed E-state index contributed by atoms with van der Waals surface area (Å²) in [5, 5.41) is 2.65. The first kappa shape index (κ1) is 13.1. The van der Waals surface area contributed by atoms with Crippen molar-refractivity contribution in [2.24, 2.45) is 0 Å². The van der Waals surface area contributed by atoms with E-state index in [1.165, 1.54) is 30.4 Å². The van der Waals surface area contributed by atoms with Gasteiger partial charge in [-0.2, -0.15) is 0 Å². The third kappa shape index (κ3) is 2.72. The second kappa shape index (κ2) is 5.52. The maximum Gasteiger partial charge on any atom is 0.328 e. The molecule has 0 saturated carbocycles. The van der Waals surface area contributed by atoms with Crippen molar-refractivity contribution in [2.45, 2.75) is 38.6 Å². The molecule has 0 aliphatic heterocycles. The Bertz CT molecular complexity index is 443. The number of nitrogens with one attached hydrogen (secondary N) is 1. The van der Waals surface area contributed by atoms with Crippen LogP contribution in [0.4, 0.5) is 0 Å². The molecule has 4 nitrogen and oxygen atoms in total. The maximum absolute atomic E-state index is 12.0. The molecule has 1 heterocycles. The van der Waals surface area contributed by atoms with Crippen LogP contribution in [0.25, 0.3) is 0 Å². The van der Waals surface area contributed by atoms with Gasteiger partial charge < -0.3 is 10.1 Å². The van der Waals surface area contributed by atoms with Crippen LogP contribution in [-0.4, -0.2) is 25.0 Å². The zero-order valence-corrected chi connectivity index (χ0v) is 11.4. The molecule has 0 spiro atoms. The summed E-state index contributed by atoms with van der Waals surface area (Å²) in [7, 11) is 1.31. The number of fused-ring (bicyclic) bond motifs is 1. The van der Waals surface area contributed by atoms with E-state index in [2.05, 4.69) is 10.1 Å². The highest BCUT2D eigenvalue weighted by Crippen LogP contribution is 2.29. The Morgan fingerprint density at radius 1 is 1.39 bits per heavy atom. The predicted octanol–water partition coefficient (Wildman–Crippen LogP) is 1.92. The molecule has 1 atom stereocenters. The summed E-state index contributed by atoms with van der Waals surface area (Å²) in [5.41, 5.74) is 1.29. The number of ether oxygens (including phenoxy) is 1. The van der Waals surface area contributed by atoms with Gasteiger partial charge >= 0.3 is 5.97 Å². The highest BCUT2D eigenvalue weighted by atomic mass is 32.1. The number of aryl methyl sites for hydroxylation is 2. The van der Waals surface area contributed by atoms with E-state index in [-0.39, 0.29) is 5.91 Å². The standard InChI is InChI=1S/C13H17NO3S/c1-8(13(16)17-2)14-12(15)11-7-9-5-3-4-6-10(9)18-11/h7-8H,3-6H2,1-2H3,(H,14,15)/t8-/m1/s1. The summed E-state index contributed by atoms with van der Waals surface area (Å²) < 4.78 is 4.58. The molecule has 0 bridgehead atoms. The number of carbonyl (C=O) groups is 2. The topological polar surface area (TPSA) is 55.4 Å². The van der Waals surface area contributed by atoms with Crippen LogP contribution >= 0.6 is 11.3 Å². The minimum Gasteiger partial charge on any atom is -0.467 e. The molecule has 1 aromatic rings. The van der Waals surface area contributed by atoms with Crippen molar-refractivity contribution in [3.8, 4) is 0 Å². The molecule has 1 N–H and O–H groups in total. The summed E-state index contributed by atoms with van der Waals surface area (Å²) in [6, 6.07) is 1.35. The van der Waals surface area contributed by atoms with E-state index in [9.17, 15) is 9.59 Å². The van der Waals surface area contributed by atoms with Crippen molar-refractivity contribution in [1.29, 1.82) is 0 Å². The Morgan fingerprint density at radius 3 is 2.78 bits per heavy atom. The smallest absolute Gasteiger partial charge is 0.328 e. The Morgan fingerprint density at radius 2 is 2.11 bits per heavy atom. The van der Waals surface area contributed by atoms with Gasteiger partial charge in [-0.3, -0.25) is 4.79 Å². The van der Waals surface area contributed by atoms with Gasteiger partial charge in [0.25, 0.3) is 5.91 Å². The van der Waals surface area contributed by atoms with Gasteiger partial charge in [0.05, 0.1) is 12.0 Å². The lowest BCUT2D eigenvalue weighted by atomic mass is 9.99. The van der Waals surface area contributed by atoms with Crippen molar-refractivity contribution in [3.63, 3.8) is 0 Å². The fourth-order valence-corrected chi connectivity index (χ4v) is 3.26. The van der Waals surface area contributed by atoms with Crippen LogP contribution < -0.4 is 5.32 Å². The van der Waals surface area contributed by atoms with Crippen LogP contribution in [0.3, 0.4) is 0 Å². The zero-order valence-electron chi connectivity index (χ0n) is 10.6. The van der Waals surface area contributed by atoms with Crippen LogP contribution in [0.15, 0.2) is 6.07 Å². The molecule has 18 heavy (non-hydrogen) atoms. The lowest BCUT2D eigenvalue weighted by Gasteiger charge is -2.10. The molecule has 1 aliphatic rings. The first-order chi connectivity index (χ1) is 8.61. The van der Waals surface area contributed by atoms with E-state index in [0.717, 1.165) is 12.8 Å². The van der Waals surface area contributed by atoms with Crippen LogP contribution in [-0.2, 0) is 22.4 Å². The van der Waals surface area contributed by atoms with Crippen molar-refractivity contribution in [1.82, 2.24) is 5.32 Å². The van der Waals surface area contributed by atoms with Crippen LogP contribution in [0.1, 0.15) is 39.9 Å². The van der Waals surface area contributed by atoms with E-state index in [1.54, 1.807) is 18.3 Å². The SMILES string of the molecule is COC(=O)[C@@H](C)NC(=O)c1cc2c(s1)CCCC2. The van der Waals surface area contributed by atoms with E-state index in [4.69, 9.17) is 0 Å². The number of thiophene rings is 1. The van der Waals surface area contributed by atoms with Crippen LogP contribution in [0.2, 0.25) is 0 Å². The van der Waals surface area contributed by atoms with Gasteiger partial charge in [-0.15, -0.1) is 11.3 Å². The quantitative estimate of drug-likeness (QED) is 0.851. The third-order valence-electron chi connectivity index (χ3n) is 3.12. The summed E-state index contributed by atoms with van der Waals surface area (Å²) >= 11 is 1.54. The largest absolute Gasteiger partial charge is 0.467 e. The molecule has 1 aromatic heterocycles. The Labute approximate surface area is 110 Å². The number of esters is 1. The molecular weight excluding hydrogens is 250 g/mol. The summed E-state index contributed by atoms with van der Waals surface area (Å²) in [5.74, 6) is -0.614. The highest BCUT2D eigenvalue weighted by molar-refractivity contribution is 7.14. The first-order valence-electron chi connectivity index (χ1n) is 6.12. The van der Waals surface area contributed by atoms with Gasteiger partial charge in [-0.05, 0) is 44.2 Å². The Balaban J connectivity index is 2.05. The number of hydrogen-bond donors (Lipinski definition) is 1. The fraction of sp³-hybridized carbons (Fsp3) is 0.538. The van der Waals surface area contributed by atoms with E-state index in [0.29, 0.717) is 4.88 Å². The molecule has 2 rings (SSSR count). The van der Waals surface area contributed by atoms with Gasteiger partial charge in [-0.25, -0.2) is 4.79 Å². The second-order valence-electron chi connectivity index (χ2n) is 4.48. The van der Waals surface area contributed by atoms with E-state index >= 15 is 0 Å².